The van der Waals surface area contributed by atoms with Crippen LogP contribution in [0.4, 0.5) is 4.79 Å². The van der Waals surface area contributed by atoms with E-state index in [1.54, 1.807) is 35.4 Å². The van der Waals surface area contributed by atoms with Gasteiger partial charge in [-0.1, -0.05) is 35.4 Å². The van der Waals surface area contributed by atoms with Gasteiger partial charge in [-0.15, -0.1) is 0 Å². The topological polar surface area (TPSA) is 154 Å². The Morgan fingerprint density at radius 3 is 2.11 bits per heavy atom. The maximum Gasteiger partial charge on any atom is 0.407 e. The highest BCUT2D eigenvalue weighted by atomic mass is 33.1. The minimum absolute atomic E-state index is 0.0687. The van der Waals surface area contributed by atoms with Gasteiger partial charge in [0.1, 0.15) is 12.7 Å². The van der Waals surface area contributed by atoms with Gasteiger partial charge in [0.05, 0.1) is 6.42 Å². The Bertz CT molecular complexity index is 532. The lowest BCUT2D eigenvalue weighted by Gasteiger charge is -2.28. The molecule has 0 aromatic carbocycles. The van der Waals surface area contributed by atoms with Crippen LogP contribution in [0.5, 0.6) is 0 Å². The molecule has 0 radical (unpaired) electrons. The van der Waals surface area contributed by atoms with Crippen molar-refractivity contribution in [3.05, 3.63) is 0 Å². The van der Waals surface area contributed by atoms with Crippen LogP contribution < -0.4 is 16.0 Å². The number of hydrogen-bond acceptors (Lipinski definition) is 8. The zero-order valence-electron chi connectivity index (χ0n) is 16.3. The van der Waals surface area contributed by atoms with Crippen LogP contribution >= 0.6 is 21.6 Å². The number of carboxylic acids is 1. The maximum atomic E-state index is 11.8. The smallest absolute Gasteiger partial charge is 0.407 e. The Morgan fingerprint density at radius 1 is 1.00 bits per heavy atom. The fourth-order valence-electron chi connectivity index (χ4n) is 1.71. The zero-order chi connectivity index (χ0) is 21.6. The molecule has 10 nitrogen and oxygen atoms in total. The maximum absolute atomic E-state index is 11.8. The third kappa shape index (κ3) is 13.5. The van der Waals surface area contributed by atoms with Gasteiger partial charge >= 0.3 is 12.1 Å². The number of carbonyl (C=O) groups excluding carboxylic acids is 3. The number of aliphatic carboxylic acids is 1. The molecule has 0 aromatic rings. The molecule has 0 saturated heterocycles. The third-order valence-electron chi connectivity index (χ3n) is 3.30. The van der Waals surface area contributed by atoms with E-state index in [9.17, 15) is 24.3 Å². The van der Waals surface area contributed by atoms with Gasteiger partial charge in [0, 0.05) is 43.5 Å². The van der Waals surface area contributed by atoms with E-state index in [1.165, 1.54) is 6.92 Å². The lowest BCUT2D eigenvalue weighted by atomic mass is 9.87. The van der Waals surface area contributed by atoms with Crippen molar-refractivity contribution in [2.45, 2.75) is 33.3 Å². The van der Waals surface area contributed by atoms with Crippen LogP contribution in [0.25, 0.3) is 0 Å². The van der Waals surface area contributed by atoms with Crippen LogP contribution in [0.1, 0.15) is 27.2 Å². The zero-order valence-corrected chi connectivity index (χ0v) is 17.9. The molecule has 0 aromatic heterocycles. The first-order valence-electron chi connectivity index (χ1n) is 8.63. The summed E-state index contributed by atoms with van der Waals surface area (Å²) in [6.45, 7) is 5.26. The number of nitrogens with one attached hydrogen (secondary N) is 3. The number of carbonyl (C=O) groups is 4. The number of aliphatic hydroxyl groups is 1. The van der Waals surface area contributed by atoms with E-state index in [-0.39, 0.29) is 25.5 Å². The van der Waals surface area contributed by atoms with Crippen molar-refractivity contribution in [1.82, 2.24) is 16.0 Å². The Hall–Kier alpha value is -1.66. The number of carboxylic acid groups (broad SMARTS) is 1. The molecule has 28 heavy (non-hydrogen) atoms. The average Bonchev–Trinajstić information content (AvgIpc) is 2.60. The van der Waals surface area contributed by atoms with Crippen molar-refractivity contribution in [3.8, 4) is 0 Å². The van der Waals surface area contributed by atoms with Gasteiger partial charge in [0.15, 0.2) is 0 Å². The monoisotopic (exact) mass is 439 g/mol. The first-order valence-corrected chi connectivity index (χ1v) is 11.1. The van der Waals surface area contributed by atoms with E-state index in [0.717, 1.165) is 5.75 Å². The molecule has 5 N–H and O–H groups in total. The number of aliphatic hydroxyl groups excluding tert-OH is 1. The van der Waals surface area contributed by atoms with Crippen molar-refractivity contribution in [3.63, 3.8) is 0 Å². The van der Waals surface area contributed by atoms with Gasteiger partial charge in [-0.3, -0.25) is 14.4 Å². The van der Waals surface area contributed by atoms with Crippen LogP contribution in [0.3, 0.4) is 0 Å². The van der Waals surface area contributed by atoms with Crippen molar-refractivity contribution in [2.75, 3.05) is 37.7 Å². The van der Waals surface area contributed by atoms with Crippen molar-refractivity contribution >= 4 is 45.5 Å². The predicted octanol–water partition coefficient (Wildman–Crippen LogP) is 0.208. The molecular weight excluding hydrogens is 410 g/mol. The summed E-state index contributed by atoms with van der Waals surface area (Å²) in [4.78, 5) is 44.6. The SMILES string of the molecule is CC(=O)NCCSSCCNC(=O)OCC(C)(C)[C@@H](O)C(=O)NCCC(=O)O. The fraction of sp³-hybridized carbons (Fsp3) is 0.750. The van der Waals surface area contributed by atoms with Gasteiger partial charge in [-0.2, -0.15) is 0 Å². The molecule has 0 fully saturated rings. The molecule has 0 aliphatic rings. The second-order valence-corrected chi connectivity index (χ2v) is 9.16. The van der Waals surface area contributed by atoms with Crippen LogP contribution in [-0.2, 0) is 19.1 Å². The van der Waals surface area contributed by atoms with E-state index in [0.29, 0.717) is 18.8 Å². The molecule has 0 heterocycles. The summed E-state index contributed by atoms with van der Waals surface area (Å²) in [5.74, 6) is -0.435. The van der Waals surface area contributed by atoms with Crippen LogP contribution in [0.2, 0.25) is 0 Å². The molecule has 3 amide bonds. The van der Waals surface area contributed by atoms with Crippen LogP contribution in [0, 0.1) is 5.41 Å². The number of ether oxygens (including phenoxy) is 1. The lowest BCUT2D eigenvalue weighted by molar-refractivity contribution is -0.138. The molecular formula is C16H29N3O7S2. The normalized spacial score (nSPS) is 12.0. The van der Waals surface area contributed by atoms with Crippen molar-refractivity contribution in [1.29, 1.82) is 0 Å². The van der Waals surface area contributed by atoms with E-state index in [2.05, 4.69) is 16.0 Å². The van der Waals surface area contributed by atoms with Gasteiger partial charge in [-0.25, -0.2) is 4.79 Å². The molecule has 0 aliphatic heterocycles. The molecule has 1 atom stereocenters. The number of alkyl carbamates (subject to hydrolysis) is 1. The van der Waals surface area contributed by atoms with Crippen molar-refractivity contribution in [2.24, 2.45) is 5.41 Å². The third-order valence-corrected chi connectivity index (χ3v) is 5.71. The first-order chi connectivity index (χ1) is 13.1. The molecule has 0 unspecified atom stereocenters. The Labute approximate surface area is 172 Å². The van der Waals surface area contributed by atoms with Gasteiger partial charge < -0.3 is 30.9 Å². The minimum atomic E-state index is -1.45. The Morgan fingerprint density at radius 2 is 1.57 bits per heavy atom. The molecule has 12 heteroatoms. The molecule has 0 spiro atoms. The Balaban J connectivity index is 3.94. The van der Waals surface area contributed by atoms with E-state index in [4.69, 9.17) is 9.84 Å². The average molecular weight is 440 g/mol. The number of hydrogen-bond donors (Lipinski definition) is 5. The summed E-state index contributed by atoms with van der Waals surface area (Å²) in [5, 5.41) is 26.2. The molecule has 0 saturated carbocycles. The second kappa shape index (κ2) is 14.4. The summed E-state index contributed by atoms with van der Waals surface area (Å²) >= 11 is 0. The van der Waals surface area contributed by atoms with Crippen molar-refractivity contribution < 1.29 is 34.1 Å². The summed E-state index contributed by atoms with van der Waals surface area (Å²) in [5.41, 5.74) is -1.04. The molecule has 0 bridgehead atoms. The molecule has 162 valence electrons. The Kier molecular flexibility index (Phi) is 13.5. The van der Waals surface area contributed by atoms with Gasteiger partial charge in [-0.05, 0) is 0 Å². The predicted molar refractivity (Wildman–Crippen MR) is 108 cm³/mol. The summed E-state index contributed by atoms with van der Waals surface area (Å²) in [6, 6.07) is 0. The quantitative estimate of drug-likeness (QED) is 0.189. The molecule has 0 rings (SSSR count). The van der Waals surface area contributed by atoms with E-state index < -0.39 is 29.5 Å². The fourth-order valence-corrected chi connectivity index (χ4v) is 3.52. The van der Waals surface area contributed by atoms with Gasteiger partial charge in [0.2, 0.25) is 11.8 Å². The van der Waals surface area contributed by atoms with E-state index in [1.807, 2.05) is 0 Å². The number of amides is 3. The lowest BCUT2D eigenvalue weighted by Crippen LogP contribution is -2.47. The summed E-state index contributed by atoms with van der Waals surface area (Å²) < 4.78 is 5.04. The highest BCUT2D eigenvalue weighted by Gasteiger charge is 2.34. The highest BCUT2D eigenvalue weighted by molar-refractivity contribution is 8.76. The van der Waals surface area contributed by atoms with Crippen LogP contribution in [0.15, 0.2) is 0 Å². The minimum Gasteiger partial charge on any atom is -0.481 e. The highest BCUT2D eigenvalue weighted by Crippen LogP contribution is 2.22. The molecule has 0 aliphatic carbocycles. The summed E-state index contributed by atoms with van der Waals surface area (Å²) in [7, 11) is 3.12. The van der Waals surface area contributed by atoms with E-state index >= 15 is 0 Å². The standard InChI is InChI=1S/C16H29N3O7S2/c1-11(20)17-6-8-27-28-9-7-19-15(25)26-10-16(2,3)13(23)14(24)18-5-4-12(21)22/h13,23H,4-10H2,1-3H3,(H,17,20)(H,18,24)(H,19,25)(H,21,22)/t13-/m0/s1. The number of rotatable bonds is 14. The first kappa shape index (κ1) is 26.3. The van der Waals surface area contributed by atoms with Crippen LogP contribution in [-0.4, -0.2) is 77.9 Å². The van der Waals surface area contributed by atoms with Gasteiger partial charge in [0.25, 0.3) is 0 Å². The largest absolute Gasteiger partial charge is 0.481 e. The summed E-state index contributed by atoms with van der Waals surface area (Å²) in [6.07, 6.45) is -2.36. The second-order valence-electron chi connectivity index (χ2n) is 6.46.